The van der Waals surface area contributed by atoms with Crippen LogP contribution in [0.1, 0.15) is 34.8 Å². The summed E-state index contributed by atoms with van der Waals surface area (Å²) in [4.78, 5) is 27.9. The second-order valence-corrected chi connectivity index (χ2v) is 8.48. The van der Waals surface area contributed by atoms with E-state index in [0.717, 1.165) is 43.0 Å². The Bertz CT molecular complexity index is 1110. The molecule has 0 radical (unpaired) electrons. The topological polar surface area (TPSA) is 61.8 Å². The Morgan fingerprint density at radius 3 is 2.91 bits per heavy atom. The summed E-state index contributed by atoms with van der Waals surface area (Å²) in [5, 5.41) is 0. The number of rotatable bonds is 4. The average Bonchev–Trinajstić information content (AvgIpc) is 3.46. The number of terminal acetylenes is 1. The normalized spacial score (nSPS) is 22.2. The summed E-state index contributed by atoms with van der Waals surface area (Å²) < 4.78 is 5.44. The number of aromatic nitrogens is 2. The fourth-order valence-electron chi connectivity index (χ4n) is 5.21. The highest BCUT2D eigenvalue weighted by Crippen LogP contribution is 2.42. The molecule has 3 heterocycles. The van der Waals surface area contributed by atoms with E-state index < -0.39 is 0 Å². The Kier molecular flexibility index (Phi) is 5.32. The van der Waals surface area contributed by atoms with Crippen LogP contribution in [0.15, 0.2) is 36.9 Å². The minimum absolute atomic E-state index is 0.0959. The maximum atomic E-state index is 12.1. The number of amides is 1. The molecule has 1 fully saturated rings. The van der Waals surface area contributed by atoms with Gasteiger partial charge in [-0.15, -0.1) is 6.42 Å². The minimum atomic E-state index is -0.266. The lowest BCUT2D eigenvalue weighted by molar-refractivity contribution is -0.126. The number of aryl methyl sites for hydroxylation is 1. The fourth-order valence-corrected chi connectivity index (χ4v) is 5.21. The number of ether oxygens (including phenoxy) is 1. The summed E-state index contributed by atoms with van der Waals surface area (Å²) in [6.45, 7) is 6.76. The van der Waals surface area contributed by atoms with Gasteiger partial charge in [0.2, 0.25) is 5.91 Å². The lowest BCUT2D eigenvalue weighted by Gasteiger charge is -2.40. The van der Waals surface area contributed by atoms with Gasteiger partial charge >= 0.3 is 6.01 Å². The predicted octanol–water partition coefficient (Wildman–Crippen LogP) is 2.32. The van der Waals surface area contributed by atoms with Crippen LogP contribution >= 0.6 is 0 Å². The van der Waals surface area contributed by atoms with Gasteiger partial charge in [0, 0.05) is 37.8 Å². The van der Waals surface area contributed by atoms with E-state index in [9.17, 15) is 4.79 Å². The van der Waals surface area contributed by atoms with Gasteiger partial charge in [0.25, 0.3) is 0 Å². The standard InChI is InChI=1S/C25H27N5O2/c1-4-18-14-28(23(31)5-2)12-13-30(18)24-20-15-29(16-21(20)26-25(27-24)32-3)22-11-10-17-8-6-7-9-19(17)22/h1,5-9,18,22H,2,10-16H2,3H3. The van der Waals surface area contributed by atoms with Gasteiger partial charge in [0.05, 0.1) is 19.3 Å². The van der Waals surface area contributed by atoms with Crippen molar-refractivity contribution < 1.29 is 9.53 Å². The van der Waals surface area contributed by atoms with E-state index in [0.29, 0.717) is 31.7 Å². The molecule has 7 nitrogen and oxygen atoms in total. The van der Waals surface area contributed by atoms with Crippen LogP contribution in [0.2, 0.25) is 0 Å². The zero-order valence-corrected chi connectivity index (χ0v) is 18.3. The third-order valence-corrected chi connectivity index (χ3v) is 6.82. The maximum absolute atomic E-state index is 12.1. The summed E-state index contributed by atoms with van der Waals surface area (Å²) >= 11 is 0. The Labute approximate surface area is 188 Å². The molecule has 0 N–H and O–H groups in total. The molecule has 1 aromatic heterocycles. The van der Waals surface area contributed by atoms with Crippen molar-refractivity contribution in [2.75, 3.05) is 31.6 Å². The number of hydrogen-bond donors (Lipinski definition) is 0. The SMILES string of the molecule is C#CC1CN(C(=O)C=C)CCN1c1nc(OC)nc2c1CN(C1CCc3ccccc31)C2. The van der Waals surface area contributed by atoms with Gasteiger partial charge in [0.15, 0.2) is 0 Å². The highest BCUT2D eigenvalue weighted by Gasteiger charge is 2.37. The zero-order chi connectivity index (χ0) is 22.2. The molecule has 1 aromatic carbocycles. The molecule has 2 aliphatic heterocycles. The van der Waals surface area contributed by atoms with Crippen molar-refractivity contribution in [2.45, 2.75) is 38.0 Å². The van der Waals surface area contributed by atoms with Crippen molar-refractivity contribution in [1.29, 1.82) is 0 Å². The van der Waals surface area contributed by atoms with Gasteiger partial charge in [-0.2, -0.15) is 9.97 Å². The highest BCUT2D eigenvalue weighted by molar-refractivity contribution is 5.87. The molecule has 5 rings (SSSR count). The van der Waals surface area contributed by atoms with E-state index in [1.165, 1.54) is 17.2 Å². The Hall–Kier alpha value is -3.37. The van der Waals surface area contributed by atoms with Crippen molar-refractivity contribution in [1.82, 2.24) is 19.8 Å². The van der Waals surface area contributed by atoms with Crippen LogP contribution in [-0.2, 0) is 24.3 Å². The summed E-state index contributed by atoms with van der Waals surface area (Å²) in [5.41, 5.74) is 4.96. The van der Waals surface area contributed by atoms with E-state index in [1.54, 1.807) is 12.0 Å². The van der Waals surface area contributed by atoms with Gasteiger partial charge in [-0.3, -0.25) is 9.69 Å². The van der Waals surface area contributed by atoms with Gasteiger partial charge < -0.3 is 14.5 Å². The molecule has 2 atom stereocenters. The first-order valence-electron chi connectivity index (χ1n) is 11.0. The van der Waals surface area contributed by atoms with Crippen LogP contribution in [0.5, 0.6) is 6.01 Å². The van der Waals surface area contributed by atoms with Crippen LogP contribution in [0, 0.1) is 12.3 Å². The number of nitrogens with zero attached hydrogens (tertiary/aromatic N) is 5. The first-order chi connectivity index (χ1) is 15.6. The molecule has 1 saturated heterocycles. The molecular weight excluding hydrogens is 402 g/mol. The summed E-state index contributed by atoms with van der Waals surface area (Å²) in [6, 6.07) is 9.18. The monoisotopic (exact) mass is 429 g/mol. The number of fused-ring (bicyclic) bond motifs is 2. The third-order valence-electron chi connectivity index (χ3n) is 6.82. The number of benzene rings is 1. The number of anilines is 1. The number of hydrogen-bond acceptors (Lipinski definition) is 6. The van der Waals surface area contributed by atoms with E-state index in [1.807, 2.05) is 0 Å². The molecular formula is C25H27N5O2. The van der Waals surface area contributed by atoms with Crippen LogP contribution < -0.4 is 9.64 Å². The van der Waals surface area contributed by atoms with Crippen molar-refractivity contribution in [2.24, 2.45) is 0 Å². The molecule has 2 aromatic rings. The summed E-state index contributed by atoms with van der Waals surface area (Å²) in [6.07, 6.45) is 9.45. The summed E-state index contributed by atoms with van der Waals surface area (Å²) in [5.74, 6) is 3.58. The molecule has 2 unspecified atom stereocenters. The summed E-state index contributed by atoms with van der Waals surface area (Å²) in [7, 11) is 1.59. The van der Waals surface area contributed by atoms with Crippen molar-refractivity contribution in [3.05, 3.63) is 59.3 Å². The molecule has 7 heteroatoms. The van der Waals surface area contributed by atoms with Crippen molar-refractivity contribution >= 4 is 11.7 Å². The van der Waals surface area contributed by atoms with Gasteiger partial charge in [-0.1, -0.05) is 36.8 Å². The Morgan fingerprint density at radius 1 is 1.28 bits per heavy atom. The predicted molar refractivity (Wildman–Crippen MR) is 122 cm³/mol. The molecule has 0 saturated carbocycles. The molecule has 164 valence electrons. The van der Waals surface area contributed by atoms with E-state index >= 15 is 0 Å². The molecule has 0 spiro atoms. The molecule has 0 bridgehead atoms. The first kappa shape index (κ1) is 20.5. The quantitative estimate of drug-likeness (QED) is 0.549. The number of carbonyl (C=O) groups excluding carboxylic acids is 1. The average molecular weight is 430 g/mol. The van der Waals surface area contributed by atoms with Gasteiger partial charge in [-0.25, -0.2) is 0 Å². The minimum Gasteiger partial charge on any atom is -0.467 e. The molecule has 1 aliphatic carbocycles. The highest BCUT2D eigenvalue weighted by atomic mass is 16.5. The van der Waals surface area contributed by atoms with Crippen LogP contribution in [0.4, 0.5) is 5.82 Å². The largest absolute Gasteiger partial charge is 0.467 e. The second-order valence-electron chi connectivity index (χ2n) is 8.48. The number of methoxy groups -OCH3 is 1. The van der Waals surface area contributed by atoms with Crippen LogP contribution in [0.25, 0.3) is 0 Å². The van der Waals surface area contributed by atoms with Crippen molar-refractivity contribution in [3.8, 4) is 18.4 Å². The molecule has 32 heavy (non-hydrogen) atoms. The van der Waals surface area contributed by atoms with Crippen LogP contribution in [-0.4, -0.2) is 58.5 Å². The molecule has 3 aliphatic rings. The van der Waals surface area contributed by atoms with E-state index in [-0.39, 0.29) is 11.9 Å². The fraction of sp³-hybridized carbons (Fsp3) is 0.400. The van der Waals surface area contributed by atoms with E-state index in [2.05, 4.69) is 51.5 Å². The Balaban J connectivity index is 1.45. The second kappa shape index (κ2) is 8.29. The van der Waals surface area contributed by atoms with E-state index in [4.69, 9.17) is 16.1 Å². The number of carbonyl (C=O) groups is 1. The lowest BCUT2D eigenvalue weighted by Crippen LogP contribution is -2.54. The van der Waals surface area contributed by atoms with Gasteiger partial charge in [0.1, 0.15) is 11.9 Å². The number of piperazine rings is 1. The Morgan fingerprint density at radius 2 is 2.12 bits per heavy atom. The maximum Gasteiger partial charge on any atom is 0.318 e. The third kappa shape index (κ3) is 3.41. The molecule has 1 amide bonds. The van der Waals surface area contributed by atoms with Gasteiger partial charge in [-0.05, 0) is 30.0 Å². The van der Waals surface area contributed by atoms with Crippen LogP contribution in [0.3, 0.4) is 0 Å². The smallest absolute Gasteiger partial charge is 0.318 e. The first-order valence-corrected chi connectivity index (χ1v) is 11.0. The lowest BCUT2D eigenvalue weighted by atomic mass is 10.1. The van der Waals surface area contributed by atoms with Crippen molar-refractivity contribution in [3.63, 3.8) is 0 Å². The zero-order valence-electron chi connectivity index (χ0n) is 18.3.